The largest absolute Gasteiger partial charge is 0.397 e. The summed E-state index contributed by atoms with van der Waals surface area (Å²) < 4.78 is 0. The Morgan fingerprint density at radius 3 is 2.10 bits per heavy atom. The number of carbonyl (C=O) groups excluding carboxylic acids is 2. The third kappa shape index (κ3) is 3.63. The highest BCUT2D eigenvalue weighted by atomic mass is 16.2. The fraction of sp³-hybridized carbons (Fsp3) is 0.429. The Morgan fingerprint density at radius 1 is 1.05 bits per heavy atom. The van der Waals surface area contributed by atoms with E-state index in [0.29, 0.717) is 11.3 Å². The number of benzene rings is 1. The van der Waals surface area contributed by atoms with E-state index >= 15 is 0 Å². The first-order valence-corrected chi connectivity index (χ1v) is 6.26. The fourth-order valence-electron chi connectivity index (χ4n) is 1.72. The minimum Gasteiger partial charge on any atom is -0.397 e. The number of anilines is 2. The Labute approximate surface area is 119 Å². The van der Waals surface area contributed by atoms with Gasteiger partial charge in [-0.1, -0.05) is 0 Å². The predicted octanol–water partition coefficient (Wildman–Crippen LogP) is 0.495. The average Bonchev–Trinajstić information content (AvgIpc) is 2.36. The van der Waals surface area contributed by atoms with Gasteiger partial charge in [-0.3, -0.25) is 9.59 Å². The van der Waals surface area contributed by atoms with Crippen molar-refractivity contribution >= 4 is 23.2 Å². The van der Waals surface area contributed by atoms with E-state index in [2.05, 4.69) is 0 Å². The number of likely N-dealkylation sites (N-methyl/N-ethyl adjacent to an activating group) is 2. The Bertz CT molecular complexity index is 512. The van der Waals surface area contributed by atoms with Crippen molar-refractivity contribution in [2.24, 2.45) is 0 Å². The molecule has 6 heteroatoms. The van der Waals surface area contributed by atoms with E-state index < -0.39 is 0 Å². The van der Waals surface area contributed by atoms with Gasteiger partial charge in [0.2, 0.25) is 5.91 Å². The van der Waals surface area contributed by atoms with Gasteiger partial charge in [0.1, 0.15) is 0 Å². The maximum absolute atomic E-state index is 11.8. The lowest BCUT2D eigenvalue weighted by atomic mass is 10.1. The molecule has 0 heterocycles. The number of rotatable bonds is 4. The van der Waals surface area contributed by atoms with Gasteiger partial charge in [0.15, 0.2) is 0 Å². The fourth-order valence-corrected chi connectivity index (χ4v) is 1.72. The molecule has 0 saturated heterocycles. The van der Waals surface area contributed by atoms with Crippen LogP contribution in [0.5, 0.6) is 0 Å². The molecule has 0 fully saturated rings. The van der Waals surface area contributed by atoms with E-state index in [9.17, 15) is 9.59 Å². The van der Waals surface area contributed by atoms with Crippen LogP contribution in [0.15, 0.2) is 18.2 Å². The first-order valence-electron chi connectivity index (χ1n) is 6.26. The summed E-state index contributed by atoms with van der Waals surface area (Å²) >= 11 is 0. The van der Waals surface area contributed by atoms with E-state index in [0.717, 1.165) is 5.69 Å². The maximum atomic E-state index is 11.8. The molecule has 0 aliphatic carbocycles. The summed E-state index contributed by atoms with van der Waals surface area (Å²) in [7, 11) is 8.58. The molecule has 1 aromatic carbocycles. The van der Waals surface area contributed by atoms with Gasteiger partial charge in [-0.2, -0.15) is 0 Å². The molecule has 2 N–H and O–H groups in total. The molecule has 0 saturated carbocycles. The molecule has 0 aliphatic rings. The molecule has 110 valence electrons. The van der Waals surface area contributed by atoms with Crippen molar-refractivity contribution in [1.29, 1.82) is 0 Å². The van der Waals surface area contributed by atoms with E-state index in [1.807, 2.05) is 0 Å². The molecule has 0 spiro atoms. The molecule has 0 aromatic heterocycles. The minimum atomic E-state index is -0.102. The lowest BCUT2D eigenvalue weighted by Gasteiger charge is -2.23. The zero-order chi connectivity index (χ0) is 15.4. The van der Waals surface area contributed by atoms with E-state index in [1.54, 1.807) is 58.3 Å². The van der Waals surface area contributed by atoms with Crippen molar-refractivity contribution in [2.75, 3.05) is 52.4 Å². The van der Waals surface area contributed by atoms with Crippen LogP contribution in [-0.4, -0.2) is 63.4 Å². The third-order valence-corrected chi connectivity index (χ3v) is 2.96. The van der Waals surface area contributed by atoms with Gasteiger partial charge < -0.3 is 20.4 Å². The zero-order valence-corrected chi connectivity index (χ0v) is 12.7. The van der Waals surface area contributed by atoms with Crippen LogP contribution in [0, 0.1) is 0 Å². The van der Waals surface area contributed by atoms with Crippen LogP contribution in [0.3, 0.4) is 0 Å². The molecule has 0 unspecified atom stereocenters. The number of carbonyl (C=O) groups is 2. The number of nitrogens with two attached hydrogens (primary N) is 1. The van der Waals surface area contributed by atoms with Crippen LogP contribution in [0.1, 0.15) is 10.4 Å². The normalized spacial score (nSPS) is 10.1. The highest BCUT2D eigenvalue weighted by Crippen LogP contribution is 2.23. The van der Waals surface area contributed by atoms with Crippen molar-refractivity contribution in [2.45, 2.75) is 0 Å². The molecule has 20 heavy (non-hydrogen) atoms. The topological polar surface area (TPSA) is 69.9 Å². The lowest BCUT2D eigenvalue weighted by Crippen LogP contribution is -2.34. The number of nitrogen functional groups attached to an aromatic ring is 1. The molecule has 0 atom stereocenters. The second-order valence-corrected chi connectivity index (χ2v) is 5.12. The van der Waals surface area contributed by atoms with Crippen LogP contribution in [0.4, 0.5) is 11.4 Å². The lowest BCUT2D eigenvalue weighted by molar-refractivity contribution is -0.127. The summed E-state index contributed by atoms with van der Waals surface area (Å²) in [5.74, 6) is -0.115. The van der Waals surface area contributed by atoms with Crippen molar-refractivity contribution in [3.63, 3.8) is 0 Å². The second kappa shape index (κ2) is 6.27. The number of hydrogen-bond acceptors (Lipinski definition) is 4. The van der Waals surface area contributed by atoms with Crippen LogP contribution in [-0.2, 0) is 4.79 Å². The molecule has 0 bridgehead atoms. The standard InChI is InChI=1S/C14H22N4O2/c1-16(2)13(19)9-18(5)12-7-6-10(8-11(12)15)14(20)17(3)4/h6-8H,9,15H2,1-5H3. The number of nitrogens with zero attached hydrogens (tertiary/aromatic N) is 3. The molecule has 1 rings (SSSR count). The molecular weight excluding hydrogens is 256 g/mol. The SMILES string of the molecule is CN(C)C(=O)CN(C)c1ccc(C(=O)N(C)C)cc1N. The highest BCUT2D eigenvalue weighted by Gasteiger charge is 2.14. The molecule has 0 radical (unpaired) electrons. The third-order valence-electron chi connectivity index (χ3n) is 2.96. The Hall–Kier alpha value is -2.24. The number of amides is 2. The summed E-state index contributed by atoms with van der Waals surface area (Å²) in [6.07, 6.45) is 0. The maximum Gasteiger partial charge on any atom is 0.253 e. The highest BCUT2D eigenvalue weighted by molar-refractivity contribution is 5.96. The smallest absolute Gasteiger partial charge is 0.253 e. The summed E-state index contributed by atoms with van der Waals surface area (Å²) in [4.78, 5) is 28.3. The van der Waals surface area contributed by atoms with Gasteiger partial charge in [-0.25, -0.2) is 0 Å². The molecule has 0 aliphatic heterocycles. The molecule has 1 aromatic rings. The first-order chi connectivity index (χ1) is 9.23. The van der Waals surface area contributed by atoms with Crippen LogP contribution in [0.25, 0.3) is 0 Å². The number of hydrogen-bond donors (Lipinski definition) is 1. The van der Waals surface area contributed by atoms with Gasteiger partial charge in [0.05, 0.1) is 17.9 Å². The van der Waals surface area contributed by atoms with Crippen molar-refractivity contribution < 1.29 is 9.59 Å². The Kier molecular flexibility index (Phi) is 4.96. The molecular formula is C14H22N4O2. The first kappa shape index (κ1) is 15.8. The van der Waals surface area contributed by atoms with E-state index in [-0.39, 0.29) is 18.4 Å². The summed E-state index contributed by atoms with van der Waals surface area (Å²) in [6, 6.07) is 5.11. The predicted molar refractivity (Wildman–Crippen MR) is 80.8 cm³/mol. The van der Waals surface area contributed by atoms with Gasteiger partial charge in [0.25, 0.3) is 5.91 Å². The minimum absolute atomic E-state index is 0.0136. The van der Waals surface area contributed by atoms with Gasteiger partial charge in [-0.05, 0) is 18.2 Å². The monoisotopic (exact) mass is 278 g/mol. The van der Waals surface area contributed by atoms with Crippen LogP contribution in [0.2, 0.25) is 0 Å². The Morgan fingerprint density at radius 2 is 1.65 bits per heavy atom. The van der Waals surface area contributed by atoms with E-state index in [4.69, 9.17) is 5.73 Å². The average molecular weight is 278 g/mol. The van der Waals surface area contributed by atoms with Crippen LogP contribution >= 0.6 is 0 Å². The quantitative estimate of drug-likeness (QED) is 0.814. The summed E-state index contributed by atoms with van der Waals surface area (Å²) in [5.41, 5.74) is 7.72. The van der Waals surface area contributed by atoms with Gasteiger partial charge in [0, 0.05) is 40.8 Å². The van der Waals surface area contributed by atoms with Gasteiger partial charge in [-0.15, -0.1) is 0 Å². The van der Waals surface area contributed by atoms with Gasteiger partial charge >= 0.3 is 0 Å². The van der Waals surface area contributed by atoms with Crippen molar-refractivity contribution in [3.8, 4) is 0 Å². The van der Waals surface area contributed by atoms with Crippen molar-refractivity contribution in [3.05, 3.63) is 23.8 Å². The molecule has 6 nitrogen and oxygen atoms in total. The zero-order valence-electron chi connectivity index (χ0n) is 12.7. The van der Waals surface area contributed by atoms with Crippen molar-refractivity contribution in [1.82, 2.24) is 9.80 Å². The van der Waals surface area contributed by atoms with E-state index in [1.165, 1.54) is 9.80 Å². The summed E-state index contributed by atoms with van der Waals surface area (Å²) in [6.45, 7) is 0.234. The molecule has 2 amide bonds. The van der Waals surface area contributed by atoms with Crippen LogP contribution < -0.4 is 10.6 Å². The Balaban J connectivity index is 2.93. The second-order valence-electron chi connectivity index (χ2n) is 5.12. The summed E-state index contributed by atoms with van der Waals surface area (Å²) in [5, 5.41) is 0.